The lowest BCUT2D eigenvalue weighted by atomic mass is 10.1. The van der Waals surface area contributed by atoms with Crippen molar-refractivity contribution < 1.29 is 22.4 Å². The predicted octanol–water partition coefficient (Wildman–Crippen LogP) is 4.65. The van der Waals surface area contributed by atoms with Crippen LogP contribution >= 0.6 is 23.2 Å². The van der Waals surface area contributed by atoms with Crippen molar-refractivity contribution in [3.05, 3.63) is 87.3 Å². The Morgan fingerprint density at radius 2 is 1.66 bits per heavy atom. The fourth-order valence-corrected chi connectivity index (χ4v) is 4.97. The number of carbonyl (C=O) groups is 2. The molecule has 2 aromatic carbocycles. The monoisotopic (exact) mass is 578 g/mol. The van der Waals surface area contributed by atoms with Crippen molar-refractivity contribution >= 4 is 51.3 Å². The quantitative estimate of drug-likeness (QED) is 0.229. The van der Waals surface area contributed by atoms with E-state index in [1.807, 2.05) is 6.92 Å². The smallest absolute Gasteiger partial charge is 0.329 e. The van der Waals surface area contributed by atoms with Gasteiger partial charge in [-0.1, -0.05) is 47.0 Å². The number of aryl methyl sites for hydroxylation is 1. The highest BCUT2D eigenvalue weighted by Gasteiger charge is 2.26. The lowest BCUT2D eigenvalue weighted by Gasteiger charge is -2.22. The topological polar surface area (TPSA) is 121 Å². The lowest BCUT2D eigenvalue weighted by molar-refractivity contribution is -0.140. The molecule has 0 aliphatic carbocycles. The van der Waals surface area contributed by atoms with Gasteiger partial charge in [-0.2, -0.15) is 9.41 Å². The zero-order valence-corrected chi connectivity index (χ0v) is 23.6. The van der Waals surface area contributed by atoms with E-state index in [4.69, 9.17) is 27.6 Å². The molecule has 0 unspecified atom stereocenters. The molecule has 0 aliphatic heterocycles. The fourth-order valence-electron chi connectivity index (χ4n) is 3.25. The highest BCUT2D eigenvalue weighted by Crippen LogP contribution is 2.26. The molecule has 0 atom stereocenters. The number of nitrogens with one attached hydrogen (secondary N) is 2. The summed E-state index contributed by atoms with van der Waals surface area (Å²) in [6.45, 7) is 7.02. The van der Waals surface area contributed by atoms with Gasteiger partial charge in [0.05, 0.1) is 27.7 Å². The number of hydrazone groups is 1. The number of nitrogens with zero attached hydrogens (tertiary/aromatic N) is 2. The third kappa shape index (κ3) is 8.16. The number of amides is 2. The van der Waals surface area contributed by atoms with Gasteiger partial charge in [-0.25, -0.2) is 13.8 Å². The highest BCUT2D eigenvalue weighted by molar-refractivity contribution is 7.89. The molecule has 3 rings (SSSR count). The molecule has 0 aliphatic rings. The molecule has 3 aromatic rings. The van der Waals surface area contributed by atoms with E-state index in [1.165, 1.54) is 10.5 Å². The van der Waals surface area contributed by atoms with Crippen molar-refractivity contribution in [2.75, 3.05) is 0 Å². The van der Waals surface area contributed by atoms with Crippen molar-refractivity contribution in [1.29, 1.82) is 0 Å². The third-order valence-corrected chi connectivity index (χ3v) is 7.61. The average Bonchev–Trinajstić information content (AvgIpc) is 3.27. The number of rotatable bonds is 8. The minimum atomic E-state index is -3.92. The van der Waals surface area contributed by atoms with Gasteiger partial charge in [0.15, 0.2) is 0 Å². The summed E-state index contributed by atoms with van der Waals surface area (Å²) < 4.78 is 34.0. The highest BCUT2D eigenvalue weighted by atomic mass is 35.5. The number of furan rings is 1. The summed E-state index contributed by atoms with van der Waals surface area (Å²) in [5.74, 6) is -1.17. The largest absolute Gasteiger partial charge is 0.459 e. The van der Waals surface area contributed by atoms with Crippen molar-refractivity contribution in [3.8, 4) is 0 Å². The van der Waals surface area contributed by atoms with Crippen molar-refractivity contribution in [2.45, 2.75) is 51.2 Å². The molecule has 0 spiro atoms. The first-order chi connectivity index (χ1) is 17.7. The Morgan fingerprint density at radius 3 is 2.29 bits per heavy atom. The second-order valence-electron chi connectivity index (χ2n) is 9.54. The molecule has 0 bridgehead atoms. The maximum atomic E-state index is 13.5. The van der Waals surface area contributed by atoms with Crippen LogP contribution in [0.25, 0.3) is 0 Å². The van der Waals surface area contributed by atoms with Crippen molar-refractivity contribution in [3.63, 3.8) is 0 Å². The van der Waals surface area contributed by atoms with E-state index in [9.17, 15) is 18.0 Å². The summed E-state index contributed by atoms with van der Waals surface area (Å²) in [4.78, 5) is 23.9. The van der Waals surface area contributed by atoms with E-state index in [0.717, 1.165) is 5.56 Å². The van der Waals surface area contributed by atoms with E-state index >= 15 is 0 Å². The molecule has 12 heteroatoms. The van der Waals surface area contributed by atoms with Gasteiger partial charge in [0, 0.05) is 12.1 Å². The minimum absolute atomic E-state index is 0.0101. The Kier molecular flexibility index (Phi) is 9.37. The van der Waals surface area contributed by atoms with Crippen LogP contribution in [0.2, 0.25) is 10.0 Å². The first-order valence-electron chi connectivity index (χ1n) is 11.5. The normalized spacial score (nSPS) is 12.2. The molecule has 38 heavy (non-hydrogen) atoms. The molecule has 0 fully saturated rings. The lowest BCUT2D eigenvalue weighted by Crippen LogP contribution is -2.47. The van der Waals surface area contributed by atoms with Crippen LogP contribution in [0.3, 0.4) is 0 Å². The summed E-state index contributed by atoms with van der Waals surface area (Å²) in [5.41, 5.74) is 3.12. The molecular formula is C26H28Cl2N4O5S. The Bertz CT molecular complexity index is 1450. The molecule has 0 saturated heterocycles. The summed E-state index contributed by atoms with van der Waals surface area (Å²) >= 11 is 12.2. The zero-order chi connectivity index (χ0) is 28.1. The van der Waals surface area contributed by atoms with Crippen LogP contribution < -0.4 is 10.7 Å². The fraction of sp³-hybridized carbons (Fsp3) is 0.269. The Hall–Kier alpha value is -3.18. The van der Waals surface area contributed by atoms with Crippen LogP contribution in [0.4, 0.5) is 0 Å². The van der Waals surface area contributed by atoms with E-state index in [0.29, 0.717) is 21.4 Å². The number of hydrogen-bond acceptors (Lipinski definition) is 6. The summed E-state index contributed by atoms with van der Waals surface area (Å²) in [6.07, 6.45) is 1.21. The third-order valence-electron chi connectivity index (χ3n) is 5.07. The van der Waals surface area contributed by atoms with Gasteiger partial charge in [-0.05, 0) is 69.7 Å². The maximum Gasteiger partial charge on any atom is 0.329 e. The summed E-state index contributed by atoms with van der Waals surface area (Å²) in [6, 6.07) is 14.6. The molecule has 1 aromatic heterocycles. The van der Waals surface area contributed by atoms with Gasteiger partial charge in [-0.3, -0.25) is 9.59 Å². The summed E-state index contributed by atoms with van der Waals surface area (Å²) in [5, 5.41) is 6.94. The van der Waals surface area contributed by atoms with E-state index in [-0.39, 0.29) is 23.7 Å². The van der Waals surface area contributed by atoms with Gasteiger partial charge in [-0.15, -0.1) is 0 Å². The number of halogens is 2. The second-order valence-corrected chi connectivity index (χ2v) is 12.3. The molecule has 2 N–H and O–H groups in total. The van der Waals surface area contributed by atoms with Crippen molar-refractivity contribution in [2.24, 2.45) is 5.10 Å². The molecular weight excluding hydrogens is 551 g/mol. The Balaban J connectivity index is 1.78. The van der Waals surface area contributed by atoms with Gasteiger partial charge < -0.3 is 9.73 Å². The van der Waals surface area contributed by atoms with Crippen LogP contribution in [0, 0.1) is 6.92 Å². The van der Waals surface area contributed by atoms with Crippen LogP contribution in [0.15, 0.2) is 69.0 Å². The SMILES string of the molecule is Cc1ccc(S(=O)(=O)N(Cc2ccc(Cl)c(Cl)c2)Cc2ccc(/C=N/NC(=O)C(=O)NC(C)(C)C)o2)cc1. The standard InChI is InChI=1S/C26H28Cl2N4O5S/c1-17-5-10-21(11-6-17)38(35,36)32(15-18-7-12-22(27)23(28)13-18)16-20-9-8-19(37-20)14-29-31-25(34)24(33)30-26(2,3)4/h5-14H,15-16H2,1-4H3,(H,30,33)(H,31,34)/b29-14+. The molecule has 9 nitrogen and oxygen atoms in total. The number of sulfonamides is 1. The van der Waals surface area contributed by atoms with Crippen LogP contribution in [-0.4, -0.2) is 36.3 Å². The molecule has 2 amide bonds. The number of carbonyl (C=O) groups excluding carboxylic acids is 2. The number of benzene rings is 2. The van der Waals surface area contributed by atoms with Gasteiger partial charge in [0.1, 0.15) is 11.5 Å². The number of hydrogen-bond donors (Lipinski definition) is 2. The average molecular weight is 580 g/mol. The van der Waals surface area contributed by atoms with Gasteiger partial charge in [0.25, 0.3) is 0 Å². The van der Waals surface area contributed by atoms with E-state index in [2.05, 4.69) is 15.8 Å². The zero-order valence-electron chi connectivity index (χ0n) is 21.3. The first-order valence-corrected chi connectivity index (χ1v) is 13.7. The van der Waals surface area contributed by atoms with E-state index in [1.54, 1.807) is 75.4 Å². The van der Waals surface area contributed by atoms with Crippen molar-refractivity contribution in [1.82, 2.24) is 15.0 Å². The van der Waals surface area contributed by atoms with Gasteiger partial charge in [0.2, 0.25) is 10.0 Å². The predicted molar refractivity (Wildman–Crippen MR) is 146 cm³/mol. The van der Waals surface area contributed by atoms with Crippen LogP contribution in [-0.2, 0) is 32.7 Å². The summed E-state index contributed by atoms with van der Waals surface area (Å²) in [7, 11) is -3.92. The van der Waals surface area contributed by atoms with E-state index < -0.39 is 27.4 Å². The minimum Gasteiger partial charge on any atom is -0.459 e. The maximum absolute atomic E-state index is 13.5. The second kappa shape index (κ2) is 12.1. The molecule has 0 radical (unpaired) electrons. The molecule has 1 heterocycles. The Labute approximate surface area is 231 Å². The van der Waals surface area contributed by atoms with Crippen LogP contribution in [0.1, 0.15) is 43.4 Å². The Morgan fingerprint density at radius 1 is 0.974 bits per heavy atom. The molecule has 0 saturated carbocycles. The van der Waals surface area contributed by atoms with Crippen LogP contribution in [0.5, 0.6) is 0 Å². The first kappa shape index (κ1) is 29.4. The van der Waals surface area contributed by atoms with Gasteiger partial charge >= 0.3 is 11.8 Å². The molecule has 202 valence electrons.